The van der Waals surface area contributed by atoms with Gasteiger partial charge in [-0.25, -0.2) is 4.79 Å². The number of ether oxygens (including phenoxy) is 1. The normalized spacial score (nSPS) is 13.6. The van der Waals surface area contributed by atoms with Crippen molar-refractivity contribution in [1.82, 2.24) is 0 Å². The highest BCUT2D eigenvalue weighted by Crippen LogP contribution is 2.36. The Kier molecular flexibility index (Phi) is 5.89. The highest BCUT2D eigenvalue weighted by molar-refractivity contribution is 5.95. The number of rotatable bonds is 6. The molecule has 0 spiro atoms. The summed E-state index contributed by atoms with van der Waals surface area (Å²) in [6.07, 6.45) is 2.41. The lowest BCUT2D eigenvalue weighted by Gasteiger charge is -2.25. The lowest BCUT2D eigenvalue weighted by Crippen LogP contribution is -2.20. The summed E-state index contributed by atoms with van der Waals surface area (Å²) in [4.78, 5) is 16.8. The highest BCUT2D eigenvalue weighted by Gasteiger charge is 2.21. The molecule has 1 saturated heterocycles. The first-order valence-electron chi connectivity index (χ1n) is 9.61. The molecule has 0 amide bonds. The maximum atomic E-state index is 12.4. The average Bonchev–Trinajstić information content (AvgIpc) is 3.18. The van der Waals surface area contributed by atoms with E-state index in [1.54, 1.807) is 0 Å². The number of carbonyl (C=O) groups excluding carboxylic acids is 1. The van der Waals surface area contributed by atoms with E-state index in [1.165, 1.54) is 12.8 Å². The number of esters is 1. The second kappa shape index (κ2) is 8.33. The fourth-order valence-electron chi connectivity index (χ4n) is 3.49. The van der Waals surface area contributed by atoms with E-state index in [9.17, 15) is 4.79 Å². The number of benzene rings is 2. The van der Waals surface area contributed by atoms with Crippen LogP contribution in [0, 0.1) is 6.92 Å². The van der Waals surface area contributed by atoms with Crippen molar-refractivity contribution in [2.24, 2.45) is 0 Å². The molecular weight excluding hydrogens is 338 g/mol. The van der Waals surface area contributed by atoms with Crippen molar-refractivity contribution in [2.75, 3.05) is 48.9 Å². The quantitative estimate of drug-likeness (QED) is 0.757. The zero-order valence-corrected chi connectivity index (χ0v) is 16.7. The second-order valence-corrected chi connectivity index (χ2v) is 7.11. The largest absolute Gasteiger partial charge is 0.462 e. The third-order valence-electron chi connectivity index (χ3n) is 5.04. The zero-order chi connectivity index (χ0) is 19.4. The molecule has 1 heterocycles. The molecule has 5 nitrogen and oxygen atoms in total. The minimum absolute atomic E-state index is 0.269. The minimum atomic E-state index is -0.269. The van der Waals surface area contributed by atoms with Gasteiger partial charge in [-0.2, -0.15) is 0 Å². The van der Waals surface area contributed by atoms with Gasteiger partial charge in [0.1, 0.15) is 0 Å². The topological polar surface area (TPSA) is 44.8 Å². The highest BCUT2D eigenvalue weighted by atomic mass is 16.5. The second-order valence-electron chi connectivity index (χ2n) is 7.11. The number of anilines is 4. The summed E-state index contributed by atoms with van der Waals surface area (Å²) < 4.78 is 5.24. The molecular formula is C22H29N3O2. The third kappa shape index (κ3) is 4.18. The van der Waals surface area contributed by atoms with Crippen LogP contribution in [0.5, 0.6) is 0 Å². The Labute approximate surface area is 161 Å². The SMILES string of the molecule is CCOC(=O)c1ccc(N2CCCC2)c(Nc2ccc(N(C)C)cc2)c1C. The van der Waals surface area contributed by atoms with Crippen molar-refractivity contribution in [3.8, 4) is 0 Å². The lowest BCUT2D eigenvalue weighted by molar-refractivity contribution is 0.0525. The summed E-state index contributed by atoms with van der Waals surface area (Å²) in [7, 11) is 4.06. The Morgan fingerprint density at radius 3 is 2.37 bits per heavy atom. The molecule has 2 aromatic carbocycles. The van der Waals surface area contributed by atoms with Crippen LogP contribution < -0.4 is 15.1 Å². The van der Waals surface area contributed by atoms with Crippen LogP contribution in [-0.4, -0.2) is 39.8 Å². The average molecular weight is 367 g/mol. The molecule has 27 heavy (non-hydrogen) atoms. The number of nitrogens with one attached hydrogen (secondary N) is 1. The Hall–Kier alpha value is -2.69. The molecule has 0 saturated carbocycles. The molecule has 0 atom stereocenters. The Bertz CT molecular complexity index is 794. The number of nitrogens with zero attached hydrogens (tertiary/aromatic N) is 2. The summed E-state index contributed by atoms with van der Waals surface area (Å²) >= 11 is 0. The molecule has 1 fully saturated rings. The van der Waals surface area contributed by atoms with Gasteiger partial charge in [0.2, 0.25) is 0 Å². The molecule has 0 aromatic heterocycles. The number of hydrogen-bond acceptors (Lipinski definition) is 5. The molecule has 144 valence electrons. The molecule has 2 aromatic rings. The first-order valence-corrected chi connectivity index (χ1v) is 9.61. The predicted octanol–water partition coefficient (Wildman–Crippen LogP) is 4.58. The molecule has 0 bridgehead atoms. The lowest BCUT2D eigenvalue weighted by atomic mass is 10.0. The van der Waals surface area contributed by atoms with Crippen LogP contribution in [-0.2, 0) is 4.74 Å². The smallest absolute Gasteiger partial charge is 0.338 e. The molecule has 3 rings (SSSR count). The summed E-state index contributed by atoms with van der Waals surface area (Å²) in [5, 5.41) is 3.55. The van der Waals surface area contributed by atoms with Gasteiger partial charge in [-0.15, -0.1) is 0 Å². The van der Waals surface area contributed by atoms with Crippen molar-refractivity contribution < 1.29 is 9.53 Å². The summed E-state index contributed by atoms with van der Waals surface area (Å²) in [6.45, 7) is 6.29. The maximum Gasteiger partial charge on any atom is 0.338 e. The van der Waals surface area contributed by atoms with Gasteiger partial charge in [0.15, 0.2) is 0 Å². The van der Waals surface area contributed by atoms with Crippen LogP contribution >= 0.6 is 0 Å². The fourth-order valence-corrected chi connectivity index (χ4v) is 3.49. The summed E-state index contributed by atoms with van der Waals surface area (Å²) in [5.41, 5.74) is 5.83. The van der Waals surface area contributed by atoms with Gasteiger partial charge < -0.3 is 19.9 Å². The van der Waals surface area contributed by atoms with Crippen molar-refractivity contribution >= 4 is 28.7 Å². The molecule has 1 aliphatic heterocycles. The van der Waals surface area contributed by atoms with E-state index in [2.05, 4.69) is 39.4 Å². The molecule has 0 aliphatic carbocycles. The van der Waals surface area contributed by atoms with Crippen LogP contribution in [0.15, 0.2) is 36.4 Å². The van der Waals surface area contributed by atoms with E-state index in [-0.39, 0.29) is 5.97 Å². The van der Waals surface area contributed by atoms with E-state index in [0.717, 1.165) is 41.4 Å². The predicted molar refractivity (Wildman–Crippen MR) is 113 cm³/mol. The Balaban J connectivity index is 1.98. The van der Waals surface area contributed by atoms with Gasteiger partial charge in [-0.1, -0.05) is 0 Å². The van der Waals surface area contributed by atoms with E-state index in [0.29, 0.717) is 12.2 Å². The molecule has 0 radical (unpaired) electrons. The summed E-state index contributed by atoms with van der Waals surface area (Å²) in [6, 6.07) is 12.2. The van der Waals surface area contributed by atoms with Gasteiger partial charge in [0.25, 0.3) is 0 Å². The molecule has 1 aliphatic rings. The Morgan fingerprint density at radius 2 is 1.78 bits per heavy atom. The van der Waals surface area contributed by atoms with E-state index < -0.39 is 0 Å². The van der Waals surface area contributed by atoms with Crippen LogP contribution in [0.4, 0.5) is 22.7 Å². The number of carbonyl (C=O) groups is 1. The summed E-state index contributed by atoms with van der Waals surface area (Å²) in [5.74, 6) is -0.269. The van der Waals surface area contributed by atoms with Gasteiger partial charge in [-0.3, -0.25) is 0 Å². The van der Waals surface area contributed by atoms with E-state index in [1.807, 2.05) is 40.1 Å². The van der Waals surface area contributed by atoms with Crippen LogP contribution in [0.1, 0.15) is 35.7 Å². The van der Waals surface area contributed by atoms with Crippen LogP contribution in [0.25, 0.3) is 0 Å². The van der Waals surface area contributed by atoms with Crippen molar-refractivity contribution in [3.63, 3.8) is 0 Å². The van der Waals surface area contributed by atoms with Crippen LogP contribution in [0.3, 0.4) is 0 Å². The maximum absolute atomic E-state index is 12.4. The van der Waals surface area contributed by atoms with Gasteiger partial charge in [-0.05, 0) is 68.7 Å². The van der Waals surface area contributed by atoms with Crippen LogP contribution in [0.2, 0.25) is 0 Å². The van der Waals surface area contributed by atoms with Crippen molar-refractivity contribution in [3.05, 3.63) is 47.5 Å². The van der Waals surface area contributed by atoms with Gasteiger partial charge in [0, 0.05) is 38.6 Å². The zero-order valence-electron chi connectivity index (χ0n) is 16.7. The monoisotopic (exact) mass is 367 g/mol. The van der Waals surface area contributed by atoms with Gasteiger partial charge >= 0.3 is 5.97 Å². The fraction of sp³-hybridized carbons (Fsp3) is 0.409. The van der Waals surface area contributed by atoms with Crippen molar-refractivity contribution in [1.29, 1.82) is 0 Å². The van der Waals surface area contributed by atoms with E-state index in [4.69, 9.17) is 4.74 Å². The Morgan fingerprint density at radius 1 is 1.11 bits per heavy atom. The third-order valence-corrected chi connectivity index (χ3v) is 5.04. The molecule has 1 N–H and O–H groups in total. The first kappa shape index (κ1) is 19.1. The number of hydrogen-bond donors (Lipinski definition) is 1. The van der Waals surface area contributed by atoms with Gasteiger partial charge in [0.05, 0.1) is 23.5 Å². The molecule has 0 unspecified atom stereocenters. The van der Waals surface area contributed by atoms with Crippen molar-refractivity contribution in [2.45, 2.75) is 26.7 Å². The minimum Gasteiger partial charge on any atom is -0.462 e. The van der Waals surface area contributed by atoms with E-state index >= 15 is 0 Å². The standard InChI is InChI=1S/C22H29N3O2/c1-5-27-22(26)19-12-13-20(25-14-6-7-15-25)21(16(19)2)23-17-8-10-18(11-9-17)24(3)4/h8-13,23H,5-7,14-15H2,1-4H3. The molecule has 5 heteroatoms. The first-order chi connectivity index (χ1) is 13.0.